The summed E-state index contributed by atoms with van der Waals surface area (Å²) < 4.78 is 7.12. The molecule has 1 aromatic carbocycles. The minimum absolute atomic E-state index is 0.239. The number of hydrogen-bond donors (Lipinski definition) is 1. The Morgan fingerprint density at radius 1 is 1.28 bits per heavy atom. The van der Waals surface area contributed by atoms with Crippen LogP contribution in [0.5, 0.6) is 0 Å². The van der Waals surface area contributed by atoms with E-state index >= 15 is 0 Å². The number of aliphatic hydroxyl groups is 1. The molecular weight excluding hydrogens is 254 g/mol. The number of aromatic nitrogens is 3. The van der Waals surface area contributed by atoms with Crippen molar-refractivity contribution in [2.75, 3.05) is 6.61 Å². The average molecular weight is 268 g/mol. The summed E-state index contributed by atoms with van der Waals surface area (Å²) in [6.07, 6.45) is 2.51. The molecular formula is C12H14ClN3O2. The van der Waals surface area contributed by atoms with Gasteiger partial charge in [0.1, 0.15) is 12.7 Å². The Labute approximate surface area is 110 Å². The molecule has 0 amide bonds. The molecule has 0 aliphatic heterocycles. The molecule has 0 radical (unpaired) electrons. The van der Waals surface area contributed by atoms with E-state index in [-0.39, 0.29) is 6.61 Å². The molecule has 1 N–H and O–H groups in total. The topological polar surface area (TPSA) is 60.2 Å². The number of benzene rings is 1. The van der Waals surface area contributed by atoms with E-state index < -0.39 is 6.10 Å². The average Bonchev–Trinajstić information content (AvgIpc) is 2.84. The highest BCUT2D eigenvalue weighted by Gasteiger charge is 2.06. The van der Waals surface area contributed by atoms with Gasteiger partial charge in [0, 0.05) is 5.02 Å². The zero-order chi connectivity index (χ0) is 12.8. The van der Waals surface area contributed by atoms with Crippen LogP contribution in [0.15, 0.2) is 36.9 Å². The van der Waals surface area contributed by atoms with Crippen molar-refractivity contribution in [2.45, 2.75) is 19.3 Å². The van der Waals surface area contributed by atoms with Crippen LogP contribution in [0, 0.1) is 0 Å². The molecule has 2 aromatic rings. The molecule has 1 aromatic heterocycles. The molecule has 18 heavy (non-hydrogen) atoms. The van der Waals surface area contributed by atoms with Crippen LogP contribution in [0.25, 0.3) is 0 Å². The van der Waals surface area contributed by atoms with Crippen LogP contribution in [-0.4, -0.2) is 32.6 Å². The van der Waals surface area contributed by atoms with E-state index in [0.29, 0.717) is 18.2 Å². The highest BCUT2D eigenvalue weighted by molar-refractivity contribution is 6.31. The molecule has 0 aliphatic rings. The van der Waals surface area contributed by atoms with Crippen LogP contribution in [0.1, 0.15) is 5.56 Å². The summed E-state index contributed by atoms with van der Waals surface area (Å²) in [7, 11) is 0. The first-order valence-corrected chi connectivity index (χ1v) is 5.95. The lowest BCUT2D eigenvalue weighted by Gasteiger charge is -2.12. The van der Waals surface area contributed by atoms with Crippen molar-refractivity contribution < 1.29 is 9.84 Å². The number of rotatable bonds is 6. The second-order valence-corrected chi connectivity index (χ2v) is 4.33. The van der Waals surface area contributed by atoms with Gasteiger partial charge in [-0.1, -0.05) is 29.8 Å². The molecule has 0 fully saturated rings. The van der Waals surface area contributed by atoms with Crippen molar-refractivity contribution in [3.63, 3.8) is 0 Å². The third-order valence-corrected chi connectivity index (χ3v) is 2.78. The predicted molar refractivity (Wildman–Crippen MR) is 67.1 cm³/mol. The SMILES string of the molecule is OC(COCc1ccccc1Cl)Cn1cnnc1. The summed E-state index contributed by atoms with van der Waals surface area (Å²) in [5.41, 5.74) is 0.913. The quantitative estimate of drug-likeness (QED) is 0.862. The zero-order valence-corrected chi connectivity index (χ0v) is 10.5. The third kappa shape index (κ3) is 3.80. The predicted octanol–water partition coefficient (Wildman–Crippen LogP) is 1.51. The van der Waals surface area contributed by atoms with E-state index in [1.54, 1.807) is 17.2 Å². The first-order valence-electron chi connectivity index (χ1n) is 5.57. The summed E-state index contributed by atoms with van der Waals surface area (Å²) in [6.45, 7) is 1.04. The van der Waals surface area contributed by atoms with Gasteiger partial charge in [-0.15, -0.1) is 10.2 Å². The second kappa shape index (κ2) is 6.49. The van der Waals surface area contributed by atoms with E-state index in [2.05, 4.69) is 10.2 Å². The molecule has 1 heterocycles. The van der Waals surface area contributed by atoms with Gasteiger partial charge in [0.2, 0.25) is 0 Å². The van der Waals surface area contributed by atoms with Crippen molar-refractivity contribution in [3.05, 3.63) is 47.5 Å². The monoisotopic (exact) mass is 267 g/mol. The molecule has 0 saturated heterocycles. The van der Waals surface area contributed by atoms with E-state index in [0.717, 1.165) is 5.56 Å². The van der Waals surface area contributed by atoms with E-state index in [9.17, 15) is 5.11 Å². The van der Waals surface area contributed by atoms with Gasteiger partial charge in [-0.2, -0.15) is 0 Å². The zero-order valence-electron chi connectivity index (χ0n) is 9.74. The second-order valence-electron chi connectivity index (χ2n) is 3.92. The van der Waals surface area contributed by atoms with Gasteiger partial charge in [-0.25, -0.2) is 0 Å². The lowest BCUT2D eigenvalue weighted by molar-refractivity contribution is 0.0203. The molecule has 1 unspecified atom stereocenters. The fourth-order valence-electron chi connectivity index (χ4n) is 1.53. The van der Waals surface area contributed by atoms with Gasteiger partial charge in [0.25, 0.3) is 0 Å². The highest BCUT2D eigenvalue weighted by Crippen LogP contribution is 2.15. The molecule has 2 rings (SSSR count). The van der Waals surface area contributed by atoms with Gasteiger partial charge in [0.05, 0.1) is 25.9 Å². The standard InChI is InChI=1S/C12H14ClN3O2/c13-12-4-2-1-3-10(12)6-18-7-11(17)5-16-8-14-15-9-16/h1-4,8-9,11,17H,5-7H2. The van der Waals surface area contributed by atoms with Crippen LogP contribution in [0.4, 0.5) is 0 Å². The maximum Gasteiger partial charge on any atom is 0.119 e. The maximum absolute atomic E-state index is 9.73. The van der Waals surface area contributed by atoms with Crippen LogP contribution >= 0.6 is 11.6 Å². The summed E-state index contributed by atoms with van der Waals surface area (Å²) in [4.78, 5) is 0. The first kappa shape index (κ1) is 13.0. The van der Waals surface area contributed by atoms with Crippen molar-refractivity contribution in [1.29, 1.82) is 0 Å². The van der Waals surface area contributed by atoms with Crippen molar-refractivity contribution in [1.82, 2.24) is 14.8 Å². The van der Waals surface area contributed by atoms with Crippen molar-refractivity contribution in [3.8, 4) is 0 Å². The normalized spacial score (nSPS) is 12.6. The molecule has 0 bridgehead atoms. The van der Waals surface area contributed by atoms with Crippen LogP contribution in [-0.2, 0) is 17.9 Å². The van der Waals surface area contributed by atoms with Gasteiger partial charge in [-0.05, 0) is 11.6 Å². The minimum atomic E-state index is -0.594. The molecule has 6 heteroatoms. The van der Waals surface area contributed by atoms with E-state index in [4.69, 9.17) is 16.3 Å². The third-order valence-electron chi connectivity index (χ3n) is 2.41. The molecule has 0 spiro atoms. The van der Waals surface area contributed by atoms with Crippen molar-refractivity contribution in [2.24, 2.45) is 0 Å². The van der Waals surface area contributed by atoms with Gasteiger partial charge >= 0.3 is 0 Å². The Morgan fingerprint density at radius 3 is 2.72 bits per heavy atom. The maximum atomic E-state index is 9.73. The largest absolute Gasteiger partial charge is 0.389 e. The van der Waals surface area contributed by atoms with Crippen LogP contribution < -0.4 is 0 Å². The number of hydrogen-bond acceptors (Lipinski definition) is 4. The van der Waals surface area contributed by atoms with Gasteiger partial charge in [0.15, 0.2) is 0 Å². The van der Waals surface area contributed by atoms with Gasteiger partial charge in [-0.3, -0.25) is 0 Å². The van der Waals surface area contributed by atoms with E-state index in [1.165, 1.54) is 0 Å². The minimum Gasteiger partial charge on any atom is -0.389 e. The summed E-state index contributed by atoms with van der Waals surface area (Å²) in [6, 6.07) is 7.48. The highest BCUT2D eigenvalue weighted by atomic mass is 35.5. The Kier molecular flexibility index (Phi) is 4.69. The Bertz CT molecular complexity index is 476. The lowest BCUT2D eigenvalue weighted by Crippen LogP contribution is -2.21. The smallest absolute Gasteiger partial charge is 0.119 e. The number of nitrogens with zero attached hydrogens (tertiary/aromatic N) is 3. The molecule has 1 atom stereocenters. The molecule has 0 aliphatic carbocycles. The van der Waals surface area contributed by atoms with Crippen molar-refractivity contribution >= 4 is 11.6 Å². The fourth-order valence-corrected chi connectivity index (χ4v) is 1.72. The Hall–Kier alpha value is -1.43. The lowest BCUT2D eigenvalue weighted by atomic mass is 10.2. The summed E-state index contributed by atoms with van der Waals surface area (Å²) >= 11 is 5.99. The Balaban J connectivity index is 1.74. The number of ether oxygens (including phenoxy) is 1. The van der Waals surface area contributed by atoms with Gasteiger partial charge < -0.3 is 14.4 Å². The Morgan fingerprint density at radius 2 is 2.00 bits per heavy atom. The number of aliphatic hydroxyl groups excluding tert-OH is 1. The molecule has 5 nitrogen and oxygen atoms in total. The molecule has 0 saturated carbocycles. The summed E-state index contributed by atoms with van der Waals surface area (Å²) in [5.74, 6) is 0. The fraction of sp³-hybridized carbons (Fsp3) is 0.333. The van der Waals surface area contributed by atoms with Crippen LogP contribution in [0.2, 0.25) is 5.02 Å². The van der Waals surface area contributed by atoms with Crippen LogP contribution in [0.3, 0.4) is 0 Å². The first-order chi connectivity index (χ1) is 8.75. The summed E-state index contributed by atoms with van der Waals surface area (Å²) in [5, 5.41) is 17.7. The molecule has 96 valence electrons. The number of halogens is 1. The van der Waals surface area contributed by atoms with E-state index in [1.807, 2.05) is 24.3 Å².